The second-order valence-corrected chi connectivity index (χ2v) is 8.69. The van der Waals surface area contributed by atoms with Gasteiger partial charge in [-0.3, -0.25) is 9.30 Å². The molecule has 12 heteroatoms. The number of hydrogen-bond acceptors (Lipinski definition) is 7. The van der Waals surface area contributed by atoms with Crippen LogP contribution in [0.3, 0.4) is 0 Å². The number of aromatic nitrogens is 4. The zero-order valence-electron chi connectivity index (χ0n) is 19.4. The van der Waals surface area contributed by atoms with E-state index in [2.05, 4.69) is 15.2 Å². The van der Waals surface area contributed by atoms with E-state index in [1.165, 1.54) is 40.8 Å². The lowest BCUT2D eigenvalue weighted by atomic mass is 10.1. The first-order chi connectivity index (χ1) is 17.3. The highest BCUT2D eigenvalue weighted by molar-refractivity contribution is 5.86. The second-order valence-electron chi connectivity index (χ2n) is 8.69. The number of alkyl halides is 3. The number of rotatable bonds is 7. The molecule has 1 fully saturated rings. The Balaban J connectivity index is 1.58. The first kappa shape index (κ1) is 24.3. The number of nitrogens with two attached hydrogens (primary N) is 1. The Bertz CT molecular complexity index is 1390. The zero-order chi connectivity index (χ0) is 25.4. The van der Waals surface area contributed by atoms with Gasteiger partial charge in [0.2, 0.25) is 0 Å². The molecule has 8 nitrogen and oxygen atoms in total. The summed E-state index contributed by atoms with van der Waals surface area (Å²) < 4.78 is 68.9. The summed E-state index contributed by atoms with van der Waals surface area (Å²) in [6.07, 6.45) is -2.63. The monoisotopic (exact) mass is 504 g/mol. The largest absolute Gasteiger partial charge is 0.486 e. The van der Waals surface area contributed by atoms with Crippen molar-refractivity contribution < 1.29 is 27.0 Å². The summed E-state index contributed by atoms with van der Waals surface area (Å²) >= 11 is 0. The number of methoxy groups -OCH3 is 1. The Morgan fingerprint density at radius 1 is 1.11 bits per heavy atom. The molecule has 1 saturated heterocycles. The number of benzene rings is 1. The molecule has 0 bridgehead atoms. The number of ether oxygens (including phenoxy) is 2. The van der Waals surface area contributed by atoms with Crippen molar-refractivity contribution in [1.29, 1.82) is 0 Å². The van der Waals surface area contributed by atoms with Gasteiger partial charge in [0, 0.05) is 37.8 Å². The van der Waals surface area contributed by atoms with E-state index < -0.39 is 18.0 Å². The number of likely N-dealkylation sites (tertiary alicyclic amines) is 1. The molecule has 5 rings (SSSR count). The Labute approximate surface area is 203 Å². The van der Waals surface area contributed by atoms with Crippen LogP contribution in [0.4, 0.5) is 17.6 Å². The van der Waals surface area contributed by atoms with Gasteiger partial charge in [-0.15, -0.1) is 10.2 Å². The molecule has 3 aromatic heterocycles. The molecule has 190 valence electrons. The van der Waals surface area contributed by atoms with Gasteiger partial charge in [-0.2, -0.15) is 13.2 Å². The predicted octanol–water partition coefficient (Wildman–Crippen LogP) is 3.75. The molecule has 1 aliphatic rings. The lowest BCUT2D eigenvalue weighted by molar-refractivity contribution is -0.183. The maximum atomic E-state index is 14.5. The van der Waals surface area contributed by atoms with Crippen molar-refractivity contribution in [2.75, 3.05) is 33.4 Å². The average molecular weight is 504 g/mol. The second kappa shape index (κ2) is 9.60. The molecular weight excluding hydrogens is 480 g/mol. The van der Waals surface area contributed by atoms with E-state index in [1.54, 1.807) is 18.2 Å². The normalized spacial score (nSPS) is 17.8. The Hall–Kier alpha value is -3.35. The van der Waals surface area contributed by atoms with Gasteiger partial charge in [-0.25, -0.2) is 9.37 Å². The molecule has 4 aromatic rings. The number of halogens is 4. The van der Waals surface area contributed by atoms with Gasteiger partial charge in [-0.1, -0.05) is 12.1 Å². The highest BCUT2D eigenvalue weighted by Gasteiger charge is 2.46. The van der Waals surface area contributed by atoms with Crippen LogP contribution < -0.4 is 10.5 Å². The lowest BCUT2D eigenvalue weighted by Crippen LogP contribution is -2.38. The van der Waals surface area contributed by atoms with E-state index in [1.807, 2.05) is 0 Å². The first-order valence-corrected chi connectivity index (χ1v) is 11.4. The van der Waals surface area contributed by atoms with Crippen LogP contribution in [0.1, 0.15) is 18.0 Å². The maximum Gasteiger partial charge on any atom is 0.408 e. The van der Waals surface area contributed by atoms with E-state index >= 15 is 0 Å². The minimum atomic E-state index is -4.50. The van der Waals surface area contributed by atoms with Crippen LogP contribution >= 0.6 is 0 Å². The fourth-order valence-corrected chi connectivity index (χ4v) is 4.53. The molecule has 1 aromatic carbocycles. The fraction of sp³-hybridized carbons (Fsp3) is 0.375. The number of nitrogens with zero attached hydrogens (tertiary/aromatic N) is 5. The summed E-state index contributed by atoms with van der Waals surface area (Å²) in [5.41, 5.74) is 6.84. The standard InChI is InChI=1S/C24H24F4N6O2/c1-35-10-11-36-21-17(25)5-2-14-3-6-18(30-20(14)21)23-32-31-19-7-4-15(12-34(19)23)22(24(26,27)28)33-9-8-16(29)13-33/h2-7,12,16,22H,8-11,13,29H2,1H3. The van der Waals surface area contributed by atoms with Gasteiger partial charge in [0.15, 0.2) is 23.0 Å². The fourth-order valence-electron chi connectivity index (χ4n) is 4.53. The van der Waals surface area contributed by atoms with Gasteiger partial charge < -0.3 is 15.2 Å². The summed E-state index contributed by atoms with van der Waals surface area (Å²) in [5.74, 6) is -0.406. The third-order valence-corrected chi connectivity index (χ3v) is 6.20. The van der Waals surface area contributed by atoms with Crippen LogP contribution in [0.5, 0.6) is 5.75 Å². The predicted molar refractivity (Wildman–Crippen MR) is 124 cm³/mol. The van der Waals surface area contributed by atoms with Gasteiger partial charge in [-0.05, 0) is 36.2 Å². The lowest BCUT2D eigenvalue weighted by Gasteiger charge is -2.30. The van der Waals surface area contributed by atoms with Gasteiger partial charge >= 0.3 is 6.18 Å². The Morgan fingerprint density at radius 2 is 1.92 bits per heavy atom. The van der Waals surface area contributed by atoms with Gasteiger partial charge in [0.1, 0.15) is 23.9 Å². The van der Waals surface area contributed by atoms with Crippen molar-refractivity contribution >= 4 is 16.6 Å². The molecule has 2 N–H and O–H groups in total. The molecule has 0 aliphatic carbocycles. The van der Waals surface area contributed by atoms with Gasteiger partial charge in [0.25, 0.3) is 0 Å². The molecule has 2 atom stereocenters. The Morgan fingerprint density at radius 3 is 2.64 bits per heavy atom. The van der Waals surface area contributed by atoms with Crippen molar-refractivity contribution in [1.82, 2.24) is 24.5 Å². The molecule has 2 unspecified atom stereocenters. The third-order valence-electron chi connectivity index (χ3n) is 6.20. The van der Waals surface area contributed by atoms with Crippen molar-refractivity contribution in [3.63, 3.8) is 0 Å². The van der Waals surface area contributed by atoms with Crippen LogP contribution in [-0.2, 0) is 4.74 Å². The van der Waals surface area contributed by atoms with Gasteiger partial charge in [0.05, 0.1) is 6.61 Å². The minimum Gasteiger partial charge on any atom is -0.486 e. The van der Waals surface area contributed by atoms with Crippen molar-refractivity contribution in [3.05, 3.63) is 54.0 Å². The van der Waals surface area contributed by atoms with Crippen LogP contribution in [0.25, 0.3) is 28.1 Å². The van der Waals surface area contributed by atoms with Crippen LogP contribution in [0.15, 0.2) is 42.6 Å². The summed E-state index contributed by atoms with van der Waals surface area (Å²) in [6.45, 7) is 0.785. The SMILES string of the molecule is COCCOc1c(F)ccc2ccc(-c3nnc4ccc(C(N5CCC(N)C5)C(F)(F)F)cn34)nc12. The van der Waals surface area contributed by atoms with E-state index in [4.69, 9.17) is 15.2 Å². The molecule has 4 heterocycles. The van der Waals surface area contributed by atoms with E-state index in [0.717, 1.165) is 0 Å². The third kappa shape index (κ3) is 4.59. The molecule has 0 amide bonds. The van der Waals surface area contributed by atoms with Crippen LogP contribution in [-0.4, -0.2) is 70.1 Å². The quantitative estimate of drug-likeness (QED) is 0.303. The van der Waals surface area contributed by atoms with Crippen molar-refractivity contribution in [2.45, 2.75) is 24.7 Å². The van der Waals surface area contributed by atoms with E-state index in [-0.39, 0.29) is 55.0 Å². The first-order valence-electron chi connectivity index (χ1n) is 11.4. The van der Waals surface area contributed by atoms with Crippen molar-refractivity contribution in [2.24, 2.45) is 5.73 Å². The van der Waals surface area contributed by atoms with E-state index in [9.17, 15) is 17.6 Å². The number of pyridine rings is 2. The topological polar surface area (TPSA) is 90.8 Å². The van der Waals surface area contributed by atoms with E-state index in [0.29, 0.717) is 23.1 Å². The number of fused-ring (bicyclic) bond motifs is 2. The smallest absolute Gasteiger partial charge is 0.408 e. The highest BCUT2D eigenvalue weighted by atomic mass is 19.4. The molecular formula is C24H24F4N6O2. The molecule has 0 radical (unpaired) electrons. The van der Waals surface area contributed by atoms with Crippen molar-refractivity contribution in [3.8, 4) is 17.3 Å². The molecule has 36 heavy (non-hydrogen) atoms. The van der Waals surface area contributed by atoms with Crippen LogP contribution in [0.2, 0.25) is 0 Å². The molecule has 0 saturated carbocycles. The number of hydrogen-bond donors (Lipinski definition) is 1. The average Bonchev–Trinajstić information content (AvgIpc) is 3.45. The Kier molecular flexibility index (Phi) is 6.49. The molecule has 1 aliphatic heterocycles. The summed E-state index contributed by atoms with van der Waals surface area (Å²) in [7, 11) is 1.51. The van der Waals surface area contributed by atoms with Crippen LogP contribution in [0, 0.1) is 5.82 Å². The zero-order valence-corrected chi connectivity index (χ0v) is 19.4. The minimum absolute atomic E-state index is 0.0385. The maximum absolute atomic E-state index is 14.5. The summed E-state index contributed by atoms with van der Waals surface area (Å²) in [4.78, 5) is 5.88. The summed E-state index contributed by atoms with van der Waals surface area (Å²) in [5, 5.41) is 8.87. The highest BCUT2D eigenvalue weighted by Crippen LogP contribution is 2.39. The molecule has 0 spiro atoms. The summed E-state index contributed by atoms with van der Waals surface area (Å²) in [6, 6.07) is 7.00.